The molecule has 0 aliphatic heterocycles. The van der Waals surface area contributed by atoms with Crippen LogP contribution in [0.25, 0.3) is 10.6 Å². The van der Waals surface area contributed by atoms with E-state index in [1.807, 2.05) is 17.6 Å². The molecule has 0 radical (unpaired) electrons. The maximum absolute atomic E-state index is 5.78. The van der Waals surface area contributed by atoms with Crippen LogP contribution in [0.4, 0.5) is 0 Å². The summed E-state index contributed by atoms with van der Waals surface area (Å²) in [5.74, 6) is 1.66. The minimum absolute atomic E-state index is 0.170. The first-order valence-electron chi connectivity index (χ1n) is 6.39. The van der Waals surface area contributed by atoms with Gasteiger partial charge in [0.1, 0.15) is 0 Å². The second kappa shape index (κ2) is 6.20. The summed E-state index contributed by atoms with van der Waals surface area (Å²) in [5.41, 5.74) is 0.170. The molecule has 3 nitrogen and oxygen atoms in total. The molecule has 0 amide bonds. The van der Waals surface area contributed by atoms with Crippen molar-refractivity contribution < 1.29 is 4.42 Å². The SMILES string of the molecule is CC(C)(C)NCCCc1ncc(-c2sccc2Br)o1. The van der Waals surface area contributed by atoms with Gasteiger partial charge in [0, 0.05) is 16.4 Å². The molecule has 0 bridgehead atoms. The van der Waals surface area contributed by atoms with Crippen LogP contribution in [0, 0.1) is 0 Å². The summed E-state index contributed by atoms with van der Waals surface area (Å²) in [6.45, 7) is 7.49. The van der Waals surface area contributed by atoms with Crippen LogP contribution in [0.15, 0.2) is 26.5 Å². The smallest absolute Gasteiger partial charge is 0.194 e. The monoisotopic (exact) mass is 342 g/mol. The molecule has 0 unspecified atom stereocenters. The van der Waals surface area contributed by atoms with Crippen LogP contribution >= 0.6 is 27.3 Å². The van der Waals surface area contributed by atoms with E-state index in [-0.39, 0.29) is 5.54 Å². The van der Waals surface area contributed by atoms with Crippen molar-refractivity contribution in [2.24, 2.45) is 0 Å². The lowest BCUT2D eigenvalue weighted by Gasteiger charge is -2.19. The Bertz CT molecular complexity index is 528. The second-order valence-electron chi connectivity index (χ2n) is 5.50. The minimum atomic E-state index is 0.170. The Morgan fingerprint density at radius 3 is 2.84 bits per heavy atom. The summed E-state index contributed by atoms with van der Waals surface area (Å²) in [7, 11) is 0. The van der Waals surface area contributed by atoms with Crippen molar-refractivity contribution in [2.45, 2.75) is 39.2 Å². The van der Waals surface area contributed by atoms with Gasteiger partial charge in [0.25, 0.3) is 0 Å². The van der Waals surface area contributed by atoms with E-state index in [4.69, 9.17) is 4.42 Å². The molecule has 104 valence electrons. The molecule has 2 rings (SSSR count). The Hall–Kier alpha value is -0.650. The second-order valence-corrected chi connectivity index (χ2v) is 7.27. The van der Waals surface area contributed by atoms with Crippen molar-refractivity contribution >= 4 is 27.3 Å². The normalized spacial score (nSPS) is 12.0. The van der Waals surface area contributed by atoms with Crippen molar-refractivity contribution in [2.75, 3.05) is 6.54 Å². The number of oxazole rings is 1. The zero-order chi connectivity index (χ0) is 13.9. The minimum Gasteiger partial charge on any atom is -0.440 e. The third kappa shape index (κ3) is 4.44. The molecular weight excluding hydrogens is 324 g/mol. The molecule has 2 aromatic heterocycles. The Morgan fingerprint density at radius 1 is 1.42 bits per heavy atom. The van der Waals surface area contributed by atoms with Crippen molar-refractivity contribution in [3.63, 3.8) is 0 Å². The fourth-order valence-electron chi connectivity index (χ4n) is 1.70. The third-order valence-corrected chi connectivity index (χ3v) is 4.47. The van der Waals surface area contributed by atoms with Gasteiger partial charge in [0.05, 0.1) is 11.1 Å². The Balaban J connectivity index is 1.87. The third-order valence-electron chi connectivity index (χ3n) is 2.62. The van der Waals surface area contributed by atoms with Gasteiger partial charge in [-0.05, 0) is 61.1 Å². The van der Waals surface area contributed by atoms with E-state index in [0.29, 0.717) is 0 Å². The van der Waals surface area contributed by atoms with Crippen molar-refractivity contribution in [3.8, 4) is 10.6 Å². The number of aromatic nitrogens is 1. The van der Waals surface area contributed by atoms with E-state index >= 15 is 0 Å². The van der Waals surface area contributed by atoms with Gasteiger partial charge in [0.15, 0.2) is 11.7 Å². The van der Waals surface area contributed by atoms with Gasteiger partial charge in [-0.15, -0.1) is 11.3 Å². The van der Waals surface area contributed by atoms with Crippen LogP contribution in [0.2, 0.25) is 0 Å². The molecule has 1 N–H and O–H groups in total. The van der Waals surface area contributed by atoms with Gasteiger partial charge in [-0.2, -0.15) is 0 Å². The molecule has 0 saturated carbocycles. The standard InChI is InChI=1S/C14H19BrN2OS/c1-14(2,3)17-7-4-5-12-16-9-11(18-12)13-10(15)6-8-19-13/h6,8-9,17H,4-5,7H2,1-3H3. The number of halogens is 1. The van der Waals surface area contributed by atoms with Crippen LogP contribution in [0.1, 0.15) is 33.1 Å². The molecule has 0 spiro atoms. The summed E-state index contributed by atoms with van der Waals surface area (Å²) in [6, 6.07) is 2.02. The highest BCUT2D eigenvalue weighted by molar-refractivity contribution is 9.10. The molecule has 0 fully saturated rings. The molecule has 2 heterocycles. The van der Waals surface area contributed by atoms with Gasteiger partial charge in [-0.3, -0.25) is 0 Å². The first-order valence-corrected chi connectivity index (χ1v) is 8.06. The van der Waals surface area contributed by atoms with Gasteiger partial charge in [0.2, 0.25) is 0 Å². The number of aryl methyl sites for hydroxylation is 1. The molecule has 0 aromatic carbocycles. The molecule has 0 aliphatic carbocycles. The van der Waals surface area contributed by atoms with E-state index in [2.05, 4.69) is 47.0 Å². The predicted molar refractivity (Wildman–Crippen MR) is 83.6 cm³/mol. The maximum atomic E-state index is 5.78. The van der Waals surface area contributed by atoms with Crippen LogP contribution < -0.4 is 5.32 Å². The van der Waals surface area contributed by atoms with E-state index in [1.165, 1.54) is 0 Å². The molecule has 19 heavy (non-hydrogen) atoms. The average Bonchev–Trinajstić information content (AvgIpc) is 2.91. The van der Waals surface area contributed by atoms with E-state index in [0.717, 1.165) is 40.4 Å². The molecule has 0 aliphatic rings. The number of thiophene rings is 1. The van der Waals surface area contributed by atoms with Gasteiger partial charge in [-0.1, -0.05) is 0 Å². The van der Waals surface area contributed by atoms with E-state index in [9.17, 15) is 0 Å². The van der Waals surface area contributed by atoms with E-state index in [1.54, 1.807) is 11.3 Å². The largest absolute Gasteiger partial charge is 0.440 e. The Morgan fingerprint density at radius 2 is 2.21 bits per heavy atom. The van der Waals surface area contributed by atoms with Gasteiger partial charge < -0.3 is 9.73 Å². The molecule has 2 aromatic rings. The van der Waals surface area contributed by atoms with Crippen LogP contribution in [0.5, 0.6) is 0 Å². The van der Waals surface area contributed by atoms with E-state index < -0.39 is 0 Å². The summed E-state index contributed by atoms with van der Waals surface area (Å²) in [4.78, 5) is 5.44. The van der Waals surface area contributed by atoms with Crippen molar-refractivity contribution in [1.82, 2.24) is 10.3 Å². The number of hydrogen-bond acceptors (Lipinski definition) is 4. The van der Waals surface area contributed by atoms with Crippen LogP contribution in [-0.2, 0) is 6.42 Å². The molecule has 5 heteroatoms. The van der Waals surface area contributed by atoms with Crippen molar-refractivity contribution in [1.29, 1.82) is 0 Å². The number of rotatable bonds is 5. The van der Waals surface area contributed by atoms with Crippen LogP contribution in [0.3, 0.4) is 0 Å². The topological polar surface area (TPSA) is 38.1 Å². The number of nitrogens with zero attached hydrogens (tertiary/aromatic N) is 1. The first kappa shape index (κ1) is 14.8. The fourth-order valence-corrected chi connectivity index (χ4v) is 3.22. The predicted octanol–water partition coefficient (Wildman–Crippen LogP) is 4.49. The lowest BCUT2D eigenvalue weighted by molar-refractivity contribution is 0.413. The van der Waals surface area contributed by atoms with Crippen molar-refractivity contribution in [3.05, 3.63) is 28.0 Å². The first-order chi connectivity index (χ1) is 8.96. The summed E-state index contributed by atoms with van der Waals surface area (Å²) in [5, 5.41) is 5.50. The molecular formula is C14H19BrN2OS. The number of hydrogen-bond donors (Lipinski definition) is 1. The zero-order valence-corrected chi connectivity index (χ0v) is 13.9. The maximum Gasteiger partial charge on any atom is 0.194 e. The Kier molecular flexibility index (Phi) is 4.81. The highest BCUT2D eigenvalue weighted by Gasteiger charge is 2.11. The lowest BCUT2D eigenvalue weighted by atomic mass is 10.1. The fraction of sp³-hybridized carbons (Fsp3) is 0.500. The molecule has 0 saturated heterocycles. The summed E-state index contributed by atoms with van der Waals surface area (Å²) in [6.07, 6.45) is 3.71. The van der Waals surface area contributed by atoms with Gasteiger partial charge >= 0.3 is 0 Å². The number of nitrogens with one attached hydrogen (secondary N) is 1. The Labute approximate surface area is 126 Å². The lowest BCUT2D eigenvalue weighted by Crippen LogP contribution is -2.36. The highest BCUT2D eigenvalue weighted by atomic mass is 79.9. The summed E-state index contributed by atoms with van der Waals surface area (Å²) >= 11 is 5.17. The highest BCUT2D eigenvalue weighted by Crippen LogP contribution is 2.33. The summed E-state index contributed by atoms with van der Waals surface area (Å²) < 4.78 is 6.85. The van der Waals surface area contributed by atoms with Gasteiger partial charge in [-0.25, -0.2) is 4.98 Å². The zero-order valence-electron chi connectivity index (χ0n) is 11.5. The molecule has 0 atom stereocenters. The quantitative estimate of drug-likeness (QED) is 0.813. The average molecular weight is 343 g/mol. The van der Waals surface area contributed by atoms with Crippen LogP contribution in [-0.4, -0.2) is 17.1 Å².